The quantitative estimate of drug-likeness (QED) is 0.212. The minimum absolute atomic E-state index is 0.107. The summed E-state index contributed by atoms with van der Waals surface area (Å²) >= 11 is 1.27. The first-order valence-corrected chi connectivity index (χ1v) is 16.4. The number of amides is 1. The van der Waals surface area contributed by atoms with Gasteiger partial charge in [0.25, 0.3) is 0 Å². The molecule has 0 radical (unpaired) electrons. The van der Waals surface area contributed by atoms with Crippen molar-refractivity contribution in [3.8, 4) is 0 Å². The van der Waals surface area contributed by atoms with Crippen LogP contribution in [-0.4, -0.2) is 53.4 Å². The van der Waals surface area contributed by atoms with Crippen LogP contribution < -0.4 is 10.6 Å². The normalized spacial score (nSPS) is 35.6. The van der Waals surface area contributed by atoms with E-state index in [2.05, 4.69) is 24.1 Å². The van der Waals surface area contributed by atoms with Crippen LogP contribution in [0.25, 0.3) is 0 Å². The molecular weight excluding hydrogens is 552 g/mol. The number of rotatable bonds is 7. The summed E-state index contributed by atoms with van der Waals surface area (Å²) in [5, 5.41) is 28.5. The summed E-state index contributed by atoms with van der Waals surface area (Å²) in [7, 11) is 1.33. The molecule has 0 saturated heterocycles. The molecule has 1 heterocycles. The number of carboxylic acids is 1. The largest absolute Gasteiger partial charge is 0.481 e. The Balaban J connectivity index is 0.000000198. The Morgan fingerprint density at radius 2 is 1.86 bits per heavy atom. The fraction of sp³-hybridized carbons (Fsp3) is 0.727. The van der Waals surface area contributed by atoms with Crippen molar-refractivity contribution < 1.29 is 29.3 Å². The first-order valence-electron chi connectivity index (χ1n) is 15.5. The number of fused-ring (bicyclic) bond motifs is 3. The van der Waals surface area contributed by atoms with E-state index in [4.69, 9.17) is 4.74 Å². The predicted molar refractivity (Wildman–Crippen MR) is 166 cm³/mol. The highest BCUT2D eigenvalue weighted by molar-refractivity contribution is 7.12. The summed E-state index contributed by atoms with van der Waals surface area (Å²) in [6.07, 6.45) is 9.71. The minimum atomic E-state index is -0.634. The van der Waals surface area contributed by atoms with E-state index >= 15 is 0 Å². The molecule has 8 nitrogen and oxygen atoms in total. The summed E-state index contributed by atoms with van der Waals surface area (Å²) in [5.74, 6) is -0.362. The van der Waals surface area contributed by atoms with Gasteiger partial charge in [0.15, 0.2) is 0 Å². The number of esters is 1. The summed E-state index contributed by atoms with van der Waals surface area (Å²) in [6, 6.07) is -0.301. The Morgan fingerprint density at radius 3 is 2.50 bits per heavy atom. The van der Waals surface area contributed by atoms with Crippen LogP contribution in [0.4, 0.5) is 5.69 Å². The highest BCUT2D eigenvalue weighted by atomic mass is 32.1. The molecule has 1 aromatic heterocycles. The van der Waals surface area contributed by atoms with Crippen molar-refractivity contribution in [1.82, 2.24) is 5.32 Å². The number of aryl methyl sites for hydroxylation is 1. The van der Waals surface area contributed by atoms with E-state index in [0.29, 0.717) is 16.5 Å². The number of carboxylic acid groups (broad SMARTS) is 1. The molecule has 4 N–H and O–H groups in total. The number of anilines is 1. The van der Waals surface area contributed by atoms with Crippen molar-refractivity contribution in [1.29, 1.82) is 0 Å². The lowest BCUT2D eigenvalue weighted by atomic mass is 9.41. The molecule has 1 aromatic rings. The summed E-state index contributed by atoms with van der Waals surface area (Å²) < 4.78 is 4.70. The van der Waals surface area contributed by atoms with Crippen LogP contribution in [-0.2, 0) is 14.3 Å². The standard InChI is InChI=1S/C20H30O3.C13H20N2O3S/c1-13-11-19-9-5-14-17(2,7-4-8-18(14,3)16(21)22)15(19)6-10-20(13,23)12-19;1-5-6-14-9(3)12(16)15-10-8(2)7-19-11(10)13(17)18-4/h14-15,23H,1,4-12H2,2-3H3,(H,21,22);7,9,14H,5-6H2,1-4H3,(H,15,16)/t14-,15-,17+,18+,19+,20-;/m0./s1. The first kappa shape index (κ1) is 32.7. The molecule has 1 unspecified atom stereocenters. The Bertz CT molecular complexity index is 1230. The molecule has 4 fully saturated rings. The predicted octanol–water partition coefficient (Wildman–Crippen LogP) is 6.32. The molecular formula is C33H50N2O6S. The maximum absolute atomic E-state index is 12.0. The van der Waals surface area contributed by atoms with Gasteiger partial charge >= 0.3 is 11.9 Å². The van der Waals surface area contributed by atoms with Crippen LogP contribution in [0.1, 0.15) is 107 Å². The average molecular weight is 603 g/mol. The molecule has 4 aliphatic rings. The molecule has 4 aliphatic carbocycles. The monoisotopic (exact) mass is 602 g/mol. The van der Waals surface area contributed by atoms with E-state index < -0.39 is 23.0 Å². The maximum Gasteiger partial charge on any atom is 0.350 e. The Hall–Kier alpha value is -2.23. The average Bonchev–Trinajstić information content (AvgIpc) is 3.38. The number of aliphatic carboxylic acids is 1. The lowest BCUT2D eigenvalue weighted by Gasteiger charge is -2.63. The zero-order valence-electron chi connectivity index (χ0n) is 26.2. The molecule has 7 atom stereocenters. The van der Waals surface area contributed by atoms with Crippen molar-refractivity contribution in [2.24, 2.45) is 28.1 Å². The van der Waals surface area contributed by atoms with Crippen LogP contribution in [0.2, 0.25) is 0 Å². The Labute approximate surface area is 254 Å². The Morgan fingerprint density at radius 1 is 1.17 bits per heavy atom. The van der Waals surface area contributed by atoms with Gasteiger partial charge in [-0.3, -0.25) is 9.59 Å². The van der Waals surface area contributed by atoms with Gasteiger partial charge in [0.1, 0.15) is 4.88 Å². The van der Waals surface area contributed by atoms with Gasteiger partial charge in [-0.1, -0.05) is 26.8 Å². The highest BCUT2D eigenvalue weighted by Crippen LogP contribution is 2.72. The van der Waals surface area contributed by atoms with E-state index in [1.807, 2.05) is 26.2 Å². The summed E-state index contributed by atoms with van der Waals surface area (Å²) in [5.41, 5.74) is 1.54. The van der Waals surface area contributed by atoms with Gasteiger partial charge in [-0.25, -0.2) is 4.79 Å². The highest BCUT2D eigenvalue weighted by Gasteiger charge is 2.67. The third-order valence-corrected chi connectivity index (χ3v) is 12.4. The zero-order chi connectivity index (χ0) is 31.1. The smallest absolute Gasteiger partial charge is 0.350 e. The van der Waals surface area contributed by atoms with Crippen LogP contribution in [0, 0.1) is 35.0 Å². The second kappa shape index (κ2) is 12.0. The molecule has 0 aromatic carbocycles. The van der Waals surface area contributed by atoms with Gasteiger partial charge in [-0.05, 0) is 124 Å². The molecule has 5 rings (SSSR count). The Kier molecular flexibility index (Phi) is 9.37. The third-order valence-electron chi connectivity index (χ3n) is 11.3. The van der Waals surface area contributed by atoms with E-state index in [9.17, 15) is 24.6 Å². The van der Waals surface area contributed by atoms with Gasteiger partial charge in [-0.15, -0.1) is 11.3 Å². The fourth-order valence-corrected chi connectivity index (χ4v) is 10.1. The van der Waals surface area contributed by atoms with E-state index in [1.165, 1.54) is 18.4 Å². The second-order valence-electron chi connectivity index (χ2n) is 13.9. The van der Waals surface area contributed by atoms with E-state index in [0.717, 1.165) is 81.9 Å². The number of ether oxygens (including phenoxy) is 1. The van der Waals surface area contributed by atoms with Crippen LogP contribution in [0.3, 0.4) is 0 Å². The molecule has 9 heteroatoms. The minimum Gasteiger partial charge on any atom is -0.481 e. The second-order valence-corrected chi connectivity index (χ2v) is 14.8. The van der Waals surface area contributed by atoms with Gasteiger partial charge in [0, 0.05) is 0 Å². The summed E-state index contributed by atoms with van der Waals surface area (Å²) in [4.78, 5) is 36.1. The molecule has 1 amide bonds. The van der Waals surface area contributed by atoms with E-state index in [1.54, 1.807) is 6.92 Å². The molecule has 4 saturated carbocycles. The SMILES string of the molecule is C=C1C[C@@]23CC[C@H]4[C@@](C)(CCC[C@@]4(C)C(=O)O)[C@@H]2CC[C@]1(O)C3.CCCNC(C)C(=O)Nc1c(C)csc1C(=O)OC. The number of thiophene rings is 1. The lowest BCUT2D eigenvalue weighted by molar-refractivity contribution is -0.186. The van der Waals surface area contributed by atoms with Crippen molar-refractivity contribution in [2.75, 3.05) is 19.0 Å². The zero-order valence-corrected chi connectivity index (χ0v) is 27.0. The van der Waals surface area contributed by atoms with Gasteiger partial charge in [0.05, 0.1) is 29.9 Å². The number of hydrogen-bond acceptors (Lipinski definition) is 7. The lowest BCUT2D eigenvalue weighted by Crippen LogP contribution is -2.59. The van der Waals surface area contributed by atoms with Crippen molar-refractivity contribution >= 4 is 34.9 Å². The van der Waals surface area contributed by atoms with Crippen molar-refractivity contribution in [2.45, 2.75) is 110 Å². The molecule has 2 bridgehead atoms. The van der Waals surface area contributed by atoms with Gasteiger partial charge < -0.3 is 25.6 Å². The van der Waals surface area contributed by atoms with Crippen LogP contribution >= 0.6 is 11.3 Å². The topological polar surface area (TPSA) is 125 Å². The number of aliphatic hydroxyl groups is 1. The maximum atomic E-state index is 12.0. The molecule has 42 heavy (non-hydrogen) atoms. The number of methoxy groups -OCH3 is 1. The fourth-order valence-electron chi connectivity index (χ4n) is 9.13. The number of nitrogens with one attached hydrogen (secondary N) is 2. The van der Waals surface area contributed by atoms with Gasteiger partial charge in [0.2, 0.25) is 5.91 Å². The number of carbonyl (C=O) groups excluding carboxylic acids is 2. The van der Waals surface area contributed by atoms with Crippen molar-refractivity contribution in [3.05, 3.63) is 28.0 Å². The van der Waals surface area contributed by atoms with E-state index in [-0.39, 0.29) is 28.7 Å². The molecule has 234 valence electrons. The van der Waals surface area contributed by atoms with Crippen molar-refractivity contribution in [3.63, 3.8) is 0 Å². The van der Waals surface area contributed by atoms with Crippen LogP contribution in [0.5, 0.6) is 0 Å². The summed E-state index contributed by atoms with van der Waals surface area (Å²) in [6.45, 7) is 15.0. The number of carbonyl (C=O) groups is 3. The number of hydrogen-bond donors (Lipinski definition) is 4. The third kappa shape index (κ3) is 5.57. The first-order chi connectivity index (χ1) is 19.7. The molecule has 0 aliphatic heterocycles. The van der Waals surface area contributed by atoms with Gasteiger partial charge in [-0.2, -0.15) is 0 Å². The molecule has 1 spiro atoms. The van der Waals surface area contributed by atoms with Crippen LogP contribution in [0.15, 0.2) is 17.5 Å².